The second kappa shape index (κ2) is 7.01. The first-order valence-corrected chi connectivity index (χ1v) is 7.75. The lowest BCUT2D eigenvalue weighted by molar-refractivity contribution is -0.118. The van der Waals surface area contributed by atoms with E-state index in [1.165, 1.54) is 0 Å². The molecule has 2 heterocycles. The number of aromatic nitrogens is 1. The van der Waals surface area contributed by atoms with E-state index < -0.39 is 0 Å². The van der Waals surface area contributed by atoms with Crippen LogP contribution in [0.2, 0.25) is 0 Å². The van der Waals surface area contributed by atoms with Crippen LogP contribution in [-0.2, 0) is 4.79 Å². The van der Waals surface area contributed by atoms with E-state index in [4.69, 9.17) is 9.72 Å². The SMILES string of the molecule is COc1ccc(-c2ccc(C#N)c(N3CCN(C=O)CC3)n2)cc1. The Morgan fingerprint density at radius 1 is 1.12 bits per heavy atom. The molecule has 0 N–H and O–H groups in total. The van der Waals surface area contributed by atoms with Gasteiger partial charge in [-0.15, -0.1) is 0 Å². The quantitative estimate of drug-likeness (QED) is 0.804. The molecule has 24 heavy (non-hydrogen) atoms. The summed E-state index contributed by atoms with van der Waals surface area (Å²) < 4.78 is 5.18. The van der Waals surface area contributed by atoms with Gasteiger partial charge in [-0.1, -0.05) is 0 Å². The largest absolute Gasteiger partial charge is 0.497 e. The number of carbonyl (C=O) groups excluding carboxylic acids is 1. The van der Waals surface area contributed by atoms with Crippen molar-refractivity contribution in [3.63, 3.8) is 0 Å². The first-order chi connectivity index (χ1) is 11.7. The van der Waals surface area contributed by atoms with E-state index in [-0.39, 0.29) is 0 Å². The lowest BCUT2D eigenvalue weighted by Crippen LogP contribution is -2.46. The number of ether oxygens (including phenoxy) is 1. The van der Waals surface area contributed by atoms with Crippen LogP contribution < -0.4 is 9.64 Å². The minimum atomic E-state index is 0.548. The van der Waals surface area contributed by atoms with E-state index in [0.717, 1.165) is 23.4 Å². The maximum absolute atomic E-state index is 10.8. The number of methoxy groups -OCH3 is 1. The molecule has 0 bridgehead atoms. The molecule has 1 aliphatic rings. The van der Waals surface area contributed by atoms with E-state index in [2.05, 4.69) is 11.0 Å². The van der Waals surface area contributed by atoms with Gasteiger partial charge in [0, 0.05) is 31.7 Å². The molecule has 3 rings (SSSR count). The molecule has 1 saturated heterocycles. The maximum atomic E-state index is 10.8. The summed E-state index contributed by atoms with van der Waals surface area (Å²) in [6.45, 7) is 2.63. The van der Waals surface area contributed by atoms with Crippen molar-refractivity contribution in [2.45, 2.75) is 0 Å². The Hall–Kier alpha value is -3.07. The van der Waals surface area contributed by atoms with Gasteiger partial charge in [0.1, 0.15) is 17.6 Å². The van der Waals surface area contributed by atoms with Crippen LogP contribution in [0.15, 0.2) is 36.4 Å². The van der Waals surface area contributed by atoms with Crippen LogP contribution in [0, 0.1) is 11.3 Å². The van der Waals surface area contributed by atoms with Gasteiger partial charge in [-0.2, -0.15) is 5.26 Å². The highest BCUT2D eigenvalue weighted by molar-refractivity contribution is 5.66. The van der Waals surface area contributed by atoms with E-state index in [1.807, 2.05) is 30.3 Å². The Bertz CT molecular complexity index is 760. The Balaban J connectivity index is 1.90. The van der Waals surface area contributed by atoms with Crippen molar-refractivity contribution in [2.75, 3.05) is 38.2 Å². The summed E-state index contributed by atoms with van der Waals surface area (Å²) >= 11 is 0. The molecule has 0 atom stereocenters. The van der Waals surface area contributed by atoms with Crippen molar-refractivity contribution in [1.82, 2.24) is 9.88 Å². The van der Waals surface area contributed by atoms with Crippen LogP contribution in [0.1, 0.15) is 5.56 Å². The third kappa shape index (κ3) is 3.15. The second-order valence-electron chi connectivity index (χ2n) is 5.54. The summed E-state index contributed by atoms with van der Waals surface area (Å²) in [5, 5.41) is 9.38. The predicted molar refractivity (Wildman–Crippen MR) is 90.8 cm³/mol. The number of hydrogen-bond donors (Lipinski definition) is 0. The highest BCUT2D eigenvalue weighted by Crippen LogP contribution is 2.26. The number of piperazine rings is 1. The Kier molecular flexibility index (Phi) is 4.62. The standard InChI is InChI=1S/C18H18N4O2/c1-24-16-5-2-14(3-6-16)17-7-4-15(12-19)18(20-17)22-10-8-21(13-23)9-11-22/h2-7,13H,8-11H2,1H3. The van der Waals surface area contributed by atoms with E-state index in [0.29, 0.717) is 37.6 Å². The first kappa shape index (κ1) is 15.8. The number of hydrogen-bond acceptors (Lipinski definition) is 5. The highest BCUT2D eigenvalue weighted by Gasteiger charge is 2.20. The Morgan fingerprint density at radius 3 is 2.42 bits per heavy atom. The van der Waals surface area contributed by atoms with Gasteiger partial charge in [-0.05, 0) is 36.4 Å². The fraction of sp³-hybridized carbons (Fsp3) is 0.278. The molecule has 0 unspecified atom stereocenters. The molecule has 0 spiro atoms. The minimum Gasteiger partial charge on any atom is -0.497 e. The highest BCUT2D eigenvalue weighted by atomic mass is 16.5. The maximum Gasteiger partial charge on any atom is 0.209 e. The molecule has 1 aromatic heterocycles. The smallest absolute Gasteiger partial charge is 0.209 e. The number of rotatable bonds is 4. The molecular weight excluding hydrogens is 304 g/mol. The summed E-state index contributed by atoms with van der Waals surface area (Å²) in [5.41, 5.74) is 2.32. The Labute approximate surface area is 140 Å². The van der Waals surface area contributed by atoms with Gasteiger partial charge < -0.3 is 14.5 Å². The zero-order valence-corrected chi connectivity index (χ0v) is 13.5. The van der Waals surface area contributed by atoms with Crippen molar-refractivity contribution >= 4 is 12.2 Å². The first-order valence-electron chi connectivity index (χ1n) is 7.75. The van der Waals surface area contributed by atoms with Crippen molar-refractivity contribution in [3.8, 4) is 23.1 Å². The van der Waals surface area contributed by atoms with Crippen molar-refractivity contribution in [1.29, 1.82) is 5.26 Å². The predicted octanol–water partition coefficient (Wildman–Crippen LogP) is 1.91. The summed E-state index contributed by atoms with van der Waals surface area (Å²) in [6, 6.07) is 13.5. The fourth-order valence-corrected chi connectivity index (χ4v) is 2.74. The van der Waals surface area contributed by atoms with Crippen LogP contribution in [-0.4, -0.2) is 49.6 Å². The average molecular weight is 322 g/mol. The zero-order valence-electron chi connectivity index (χ0n) is 13.5. The van der Waals surface area contributed by atoms with E-state index in [9.17, 15) is 10.1 Å². The third-order valence-corrected chi connectivity index (χ3v) is 4.14. The molecule has 1 aliphatic heterocycles. The number of nitriles is 1. The second-order valence-corrected chi connectivity index (χ2v) is 5.54. The van der Waals surface area contributed by atoms with Crippen LogP contribution in [0.25, 0.3) is 11.3 Å². The number of nitrogens with zero attached hydrogens (tertiary/aromatic N) is 4. The number of anilines is 1. The van der Waals surface area contributed by atoms with Crippen molar-refractivity contribution in [2.24, 2.45) is 0 Å². The van der Waals surface area contributed by atoms with E-state index in [1.54, 1.807) is 18.1 Å². The van der Waals surface area contributed by atoms with Gasteiger partial charge in [0.2, 0.25) is 6.41 Å². The monoisotopic (exact) mass is 322 g/mol. The fourth-order valence-electron chi connectivity index (χ4n) is 2.74. The number of carbonyl (C=O) groups is 1. The summed E-state index contributed by atoms with van der Waals surface area (Å²) in [5.74, 6) is 1.47. The Morgan fingerprint density at radius 2 is 1.83 bits per heavy atom. The van der Waals surface area contributed by atoms with Crippen LogP contribution in [0.4, 0.5) is 5.82 Å². The normalized spacial score (nSPS) is 14.2. The molecule has 1 amide bonds. The molecule has 6 heteroatoms. The summed E-state index contributed by atoms with van der Waals surface area (Å²) in [7, 11) is 1.63. The van der Waals surface area contributed by atoms with Crippen LogP contribution in [0.3, 0.4) is 0 Å². The number of pyridine rings is 1. The van der Waals surface area contributed by atoms with Gasteiger partial charge in [0.25, 0.3) is 0 Å². The molecule has 1 fully saturated rings. The zero-order chi connectivity index (χ0) is 16.9. The minimum absolute atomic E-state index is 0.548. The van der Waals surface area contributed by atoms with Gasteiger partial charge in [-0.3, -0.25) is 4.79 Å². The number of amides is 1. The molecule has 2 aromatic rings. The summed E-state index contributed by atoms with van der Waals surface area (Å²) in [6.07, 6.45) is 0.865. The van der Waals surface area contributed by atoms with Crippen LogP contribution in [0.5, 0.6) is 5.75 Å². The molecular formula is C18H18N4O2. The molecule has 0 aliphatic carbocycles. The van der Waals surface area contributed by atoms with Crippen LogP contribution >= 0.6 is 0 Å². The molecule has 0 radical (unpaired) electrons. The molecule has 122 valence electrons. The molecule has 0 saturated carbocycles. The summed E-state index contributed by atoms with van der Waals surface area (Å²) in [4.78, 5) is 19.3. The van der Waals surface area contributed by atoms with Gasteiger partial charge in [0.15, 0.2) is 0 Å². The van der Waals surface area contributed by atoms with Crippen molar-refractivity contribution in [3.05, 3.63) is 42.0 Å². The lowest BCUT2D eigenvalue weighted by Gasteiger charge is -2.33. The lowest BCUT2D eigenvalue weighted by atomic mass is 10.1. The molecule has 1 aromatic carbocycles. The van der Waals surface area contributed by atoms with Gasteiger partial charge >= 0.3 is 0 Å². The number of benzene rings is 1. The van der Waals surface area contributed by atoms with Crippen molar-refractivity contribution < 1.29 is 9.53 Å². The average Bonchev–Trinajstić information content (AvgIpc) is 2.67. The topological polar surface area (TPSA) is 69.5 Å². The molecule has 6 nitrogen and oxygen atoms in total. The van der Waals surface area contributed by atoms with E-state index >= 15 is 0 Å². The van der Waals surface area contributed by atoms with Gasteiger partial charge in [0.05, 0.1) is 18.4 Å². The third-order valence-electron chi connectivity index (χ3n) is 4.14. The van der Waals surface area contributed by atoms with Gasteiger partial charge in [-0.25, -0.2) is 4.98 Å².